The lowest BCUT2D eigenvalue weighted by Crippen LogP contribution is -2.53. The largest absolute Gasteiger partial charge is 0.368 e. The number of piperazine rings is 1. The van der Waals surface area contributed by atoms with Crippen LogP contribution in [0.3, 0.4) is 0 Å². The third-order valence-electron chi connectivity index (χ3n) is 5.51. The van der Waals surface area contributed by atoms with Crippen molar-refractivity contribution < 1.29 is 9.59 Å². The fraction of sp³-hybridized carbons (Fsp3) is 0.619. The van der Waals surface area contributed by atoms with Crippen molar-refractivity contribution in [2.75, 3.05) is 57.3 Å². The molecular weight excluding hydrogens is 340 g/mol. The molecule has 1 aromatic rings. The van der Waals surface area contributed by atoms with Crippen LogP contribution >= 0.6 is 0 Å². The summed E-state index contributed by atoms with van der Waals surface area (Å²) in [5.41, 5.74) is 3.78. The van der Waals surface area contributed by atoms with Crippen molar-refractivity contribution >= 4 is 17.5 Å². The van der Waals surface area contributed by atoms with Gasteiger partial charge in [-0.2, -0.15) is 0 Å². The second kappa shape index (κ2) is 10.3. The minimum absolute atomic E-state index is 0.404. The van der Waals surface area contributed by atoms with Crippen LogP contribution in [-0.2, 0) is 9.59 Å². The van der Waals surface area contributed by atoms with Crippen LogP contribution in [0.15, 0.2) is 18.2 Å². The van der Waals surface area contributed by atoms with Crippen LogP contribution in [0.2, 0.25) is 0 Å². The molecule has 1 fully saturated rings. The van der Waals surface area contributed by atoms with Gasteiger partial charge in [-0.15, -0.1) is 0 Å². The van der Waals surface area contributed by atoms with E-state index in [2.05, 4.69) is 61.0 Å². The first kappa shape index (κ1) is 21.2. The first-order valence-corrected chi connectivity index (χ1v) is 10.1. The molecule has 1 aromatic carbocycles. The molecule has 27 heavy (non-hydrogen) atoms. The van der Waals surface area contributed by atoms with E-state index in [1.165, 1.54) is 16.8 Å². The van der Waals surface area contributed by atoms with Crippen molar-refractivity contribution in [2.24, 2.45) is 0 Å². The van der Waals surface area contributed by atoms with Crippen LogP contribution in [0.4, 0.5) is 5.69 Å². The van der Waals surface area contributed by atoms with Crippen molar-refractivity contribution in [1.29, 1.82) is 0 Å². The monoisotopic (exact) mass is 374 g/mol. The van der Waals surface area contributed by atoms with Crippen LogP contribution in [0, 0.1) is 13.8 Å². The normalized spacial score (nSPS) is 14.6. The summed E-state index contributed by atoms with van der Waals surface area (Å²) in [5, 5.41) is 2.77. The van der Waals surface area contributed by atoms with E-state index in [1.807, 2.05) is 0 Å². The van der Waals surface area contributed by atoms with E-state index in [9.17, 15) is 9.59 Å². The Morgan fingerprint density at radius 2 is 1.74 bits per heavy atom. The molecule has 0 saturated carbocycles. The fourth-order valence-corrected chi connectivity index (χ4v) is 3.49. The predicted octanol–water partition coefficient (Wildman–Crippen LogP) is 1.80. The molecule has 0 spiro atoms. The molecule has 6 heteroatoms. The molecule has 0 radical (unpaired) electrons. The van der Waals surface area contributed by atoms with E-state index in [1.54, 1.807) is 4.90 Å². The van der Waals surface area contributed by atoms with Gasteiger partial charge in [0, 0.05) is 38.4 Å². The topological polar surface area (TPSA) is 55.9 Å². The Hall–Kier alpha value is -2.08. The Kier molecular flexibility index (Phi) is 8.10. The first-order chi connectivity index (χ1) is 13.0. The Morgan fingerprint density at radius 1 is 1.07 bits per heavy atom. The van der Waals surface area contributed by atoms with Crippen LogP contribution in [0.25, 0.3) is 0 Å². The number of hydrogen-bond donors (Lipinski definition) is 1. The molecule has 6 nitrogen and oxygen atoms in total. The number of carbonyl (C=O) groups is 2. The molecule has 1 N–H and O–H groups in total. The summed E-state index contributed by atoms with van der Waals surface area (Å²) in [7, 11) is 0. The molecule has 1 heterocycles. The minimum Gasteiger partial charge on any atom is -0.368 e. The molecule has 150 valence electrons. The number of anilines is 1. The quantitative estimate of drug-likeness (QED) is 0.584. The van der Waals surface area contributed by atoms with Gasteiger partial charge in [0.1, 0.15) is 0 Å². The van der Waals surface area contributed by atoms with Gasteiger partial charge in [0.2, 0.25) is 0 Å². The van der Waals surface area contributed by atoms with Gasteiger partial charge in [-0.25, -0.2) is 0 Å². The number of carbonyl (C=O) groups excluding carboxylic acids is 2. The van der Waals surface area contributed by atoms with Crippen molar-refractivity contribution in [1.82, 2.24) is 15.1 Å². The summed E-state index contributed by atoms with van der Waals surface area (Å²) >= 11 is 0. The van der Waals surface area contributed by atoms with Crippen molar-refractivity contribution in [3.8, 4) is 0 Å². The predicted molar refractivity (Wildman–Crippen MR) is 110 cm³/mol. The van der Waals surface area contributed by atoms with Crippen LogP contribution in [0.5, 0.6) is 0 Å². The van der Waals surface area contributed by atoms with Crippen molar-refractivity contribution in [2.45, 2.75) is 34.1 Å². The van der Waals surface area contributed by atoms with Crippen LogP contribution in [-0.4, -0.2) is 74.0 Å². The number of rotatable bonds is 7. The maximum absolute atomic E-state index is 12.4. The van der Waals surface area contributed by atoms with Crippen LogP contribution in [0.1, 0.15) is 31.4 Å². The Labute approximate surface area is 163 Å². The Morgan fingerprint density at radius 3 is 2.37 bits per heavy atom. The fourth-order valence-electron chi connectivity index (χ4n) is 3.49. The van der Waals surface area contributed by atoms with E-state index < -0.39 is 11.8 Å². The number of benzene rings is 1. The summed E-state index contributed by atoms with van der Waals surface area (Å²) in [6.07, 6.45) is 0.862. The number of nitrogens with one attached hydrogen (secondary N) is 1. The van der Waals surface area contributed by atoms with E-state index in [0.717, 1.165) is 39.1 Å². The van der Waals surface area contributed by atoms with Crippen molar-refractivity contribution in [3.05, 3.63) is 29.3 Å². The number of nitrogens with zero attached hydrogens (tertiary/aromatic N) is 3. The zero-order valence-corrected chi connectivity index (χ0v) is 17.3. The zero-order valence-electron chi connectivity index (χ0n) is 17.3. The van der Waals surface area contributed by atoms with Gasteiger partial charge in [0.25, 0.3) is 0 Å². The smallest absolute Gasteiger partial charge is 0.312 e. The highest BCUT2D eigenvalue weighted by molar-refractivity contribution is 6.35. The van der Waals surface area contributed by atoms with E-state index >= 15 is 0 Å². The van der Waals surface area contributed by atoms with Crippen LogP contribution < -0.4 is 10.2 Å². The van der Waals surface area contributed by atoms with Gasteiger partial charge in [0.15, 0.2) is 0 Å². The summed E-state index contributed by atoms with van der Waals surface area (Å²) in [6, 6.07) is 6.31. The Bertz CT molecular complexity index is 635. The highest BCUT2D eigenvalue weighted by Gasteiger charge is 2.26. The van der Waals surface area contributed by atoms with E-state index in [0.29, 0.717) is 19.6 Å². The molecule has 1 aliphatic rings. The average Bonchev–Trinajstić information content (AvgIpc) is 2.69. The van der Waals surface area contributed by atoms with Gasteiger partial charge in [0.05, 0.1) is 0 Å². The molecule has 2 amide bonds. The number of aryl methyl sites for hydroxylation is 1. The molecule has 2 rings (SSSR count). The molecule has 1 saturated heterocycles. The average molecular weight is 375 g/mol. The highest BCUT2D eigenvalue weighted by atomic mass is 16.2. The third-order valence-corrected chi connectivity index (χ3v) is 5.51. The zero-order chi connectivity index (χ0) is 19.8. The second-order valence-corrected chi connectivity index (χ2v) is 7.13. The highest BCUT2D eigenvalue weighted by Crippen LogP contribution is 2.23. The lowest BCUT2D eigenvalue weighted by atomic mass is 10.1. The van der Waals surface area contributed by atoms with Gasteiger partial charge in [-0.05, 0) is 57.1 Å². The molecule has 1 aliphatic heterocycles. The van der Waals surface area contributed by atoms with Gasteiger partial charge >= 0.3 is 11.8 Å². The van der Waals surface area contributed by atoms with Gasteiger partial charge in [-0.3, -0.25) is 9.59 Å². The SMILES string of the molecule is CCN(CC)CCCNC(=O)C(=O)N1CCN(c2cccc(C)c2C)CC1. The van der Waals surface area contributed by atoms with Gasteiger partial charge < -0.3 is 20.0 Å². The Balaban J connectivity index is 1.77. The maximum Gasteiger partial charge on any atom is 0.312 e. The maximum atomic E-state index is 12.4. The number of hydrogen-bond acceptors (Lipinski definition) is 4. The van der Waals surface area contributed by atoms with E-state index in [4.69, 9.17) is 0 Å². The third kappa shape index (κ3) is 5.70. The van der Waals surface area contributed by atoms with Crippen molar-refractivity contribution in [3.63, 3.8) is 0 Å². The lowest BCUT2D eigenvalue weighted by molar-refractivity contribution is -0.146. The first-order valence-electron chi connectivity index (χ1n) is 10.1. The summed E-state index contributed by atoms with van der Waals surface area (Å²) in [5.74, 6) is -0.881. The standard InChI is InChI=1S/C21H34N4O2/c1-5-23(6-2)12-8-11-22-20(26)21(27)25-15-13-24(14-16-25)19-10-7-9-17(3)18(19)4/h7,9-10H,5-6,8,11-16H2,1-4H3,(H,22,26). The molecular formula is C21H34N4O2. The number of amides is 2. The summed E-state index contributed by atoms with van der Waals surface area (Å²) in [6.45, 7) is 14.7. The summed E-state index contributed by atoms with van der Waals surface area (Å²) in [4.78, 5) is 30.8. The molecule has 0 aliphatic carbocycles. The molecule has 0 aromatic heterocycles. The van der Waals surface area contributed by atoms with E-state index in [-0.39, 0.29) is 0 Å². The molecule has 0 bridgehead atoms. The minimum atomic E-state index is -0.477. The lowest BCUT2D eigenvalue weighted by Gasteiger charge is -2.36. The summed E-state index contributed by atoms with van der Waals surface area (Å²) < 4.78 is 0. The second-order valence-electron chi connectivity index (χ2n) is 7.13. The molecule has 0 unspecified atom stereocenters. The van der Waals surface area contributed by atoms with Gasteiger partial charge in [-0.1, -0.05) is 26.0 Å². The molecule has 0 atom stereocenters.